The van der Waals surface area contributed by atoms with E-state index < -0.39 is 0 Å². The summed E-state index contributed by atoms with van der Waals surface area (Å²) in [6.45, 7) is 0.191. The van der Waals surface area contributed by atoms with Crippen LogP contribution in [0, 0.1) is 3.95 Å². The molecule has 1 aromatic heterocycles. The molecule has 0 saturated heterocycles. The number of anilines is 1. The molecule has 0 atom stereocenters. The molecule has 8 heteroatoms. The maximum Gasteiger partial charge on any atom is 0.253 e. The summed E-state index contributed by atoms with van der Waals surface area (Å²) in [5.74, 6) is 0.581. The normalized spacial score (nSPS) is 10.5. The minimum atomic E-state index is -0.251. The van der Waals surface area contributed by atoms with E-state index in [1.54, 1.807) is 19.2 Å². The third-order valence-corrected chi connectivity index (χ3v) is 5.44. The molecule has 0 aliphatic rings. The van der Waals surface area contributed by atoms with Gasteiger partial charge in [0, 0.05) is 29.6 Å². The predicted octanol–water partition coefficient (Wildman–Crippen LogP) is 4.05. The molecular formula is C20H18N2O4S2. The summed E-state index contributed by atoms with van der Waals surface area (Å²) >= 11 is 6.69. The fourth-order valence-corrected chi connectivity index (χ4v) is 3.90. The second-order valence-electron chi connectivity index (χ2n) is 5.94. The van der Waals surface area contributed by atoms with Crippen LogP contribution in [0.1, 0.15) is 6.42 Å². The molecule has 1 amide bonds. The highest BCUT2D eigenvalue weighted by atomic mass is 32.1. The highest BCUT2D eigenvalue weighted by molar-refractivity contribution is 7.73. The number of aromatic nitrogens is 1. The van der Waals surface area contributed by atoms with Crippen molar-refractivity contribution in [2.24, 2.45) is 0 Å². The lowest BCUT2D eigenvalue weighted by Gasteiger charge is -2.09. The molecule has 0 fully saturated rings. The first-order valence-electron chi connectivity index (χ1n) is 8.44. The van der Waals surface area contributed by atoms with E-state index in [-0.39, 0.29) is 30.2 Å². The highest BCUT2D eigenvalue weighted by Gasteiger charge is 2.09. The van der Waals surface area contributed by atoms with E-state index in [1.165, 1.54) is 34.1 Å². The second kappa shape index (κ2) is 8.81. The van der Waals surface area contributed by atoms with Crippen molar-refractivity contribution >= 4 is 35.1 Å². The van der Waals surface area contributed by atoms with E-state index in [0.717, 1.165) is 10.4 Å². The maximum absolute atomic E-state index is 12.5. The van der Waals surface area contributed by atoms with Gasteiger partial charge in [-0.3, -0.25) is 14.2 Å². The number of hydrogen-bond donors (Lipinski definition) is 2. The van der Waals surface area contributed by atoms with Crippen molar-refractivity contribution in [2.45, 2.75) is 13.0 Å². The molecule has 0 spiro atoms. The highest BCUT2D eigenvalue weighted by Crippen LogP contribution is 2.26. The summed E-state index contributed by atoms with van der Waals surface area (Å²) in [5, 5.41) is 12.0. The van der Waals surface area contributed by atoms with Crippen molar-refractivity contribution in [3.8, 4) is 21.9 Å². The van der Waals surface area contributed by atoms with Gasteiger partial charge in [-0.1, -0.05) is 12.1 Å². The number of ether oxygens (including phenoxy) is 1. The number of aromatic hydroxyl groups is 1. The number of nitrogens with zero attached hydrogens (tertiary/aromatic N) is 1. The third kappa shape index (κ3) is 4.85. The van der Waals surface area contributed by atoms with Crippen LogP contribution in [0.2, 0.25) is 0 Å². The van der Waals surface area contributed by atoms with Gasteiger partial charge < -0.3 is 15.2 Å². The van der Waals surface area contributed by atoms with Crippen molar-refractivity contribution in [3.63, 3.8) is 0 Å². The lowest BCUT2D eigenvalue weighted by Crippen LogP contribution is -2.22. The number of carbonyl (C=O) groups is 1. The molecule has 6 nitrogen and oxygen atoms in total. The van der Waals surface area contributed by atoms with Crippen molar-refractivity contribution < 1.29 is 14.6 Å². The standard InChI is InChI=1S/C20H18N2O4S2/c1-26-16-4-2-3-13(11-16)17-12-19(25)22(20(27)28-17)10-9-18(24)21-14-5-7-15(23)8-6-14/h2-8,11-12,23H,9-10H2,1H3,(H,21,24). The van der Waals surface area contributed by atoms with Gasteiger partial charge in [0.2, 0.25) is 5.91 Å². The molecule has 0 aliphatic carbocycles. The first-order chi connectivity index (χ1) is 13.5. The average molecular weight is 415 g/mol. The van der Waals surface area contributed by atoms with Gasteiger partial charge in [0.25, 0.3) is 5.56 Å². The quantitative estimate of drug-likeness (QED) is 0.470. The van der Waals surface area contributed by atoms with Gasteiger partial charge in [0.15, 0.2) is 3.95 Å². The van der Waals surface area contributed by atoms with E-state index in [1.807, 2.05) is 24.3 Å². The Kier molecular flexibility index (Phi) is 6.23. The molecule has 144 valence electrons. The zero-order valence-corrected chi connectivity index (χ0v) is 16.7. The first-order valence-corrected chi connectivity index (χ1v) is 9.67. The first kappa shape index (κ1) is 19.8. The maximum atomic E-state index is 12.5. The van der Waals surface area contributed by atoms with Crippen LogP contribution < -0.4 is 15.6 Å². The van der Waals surface area contributed by atoms with Crippen LogP contribution in [0.4, 0.5) is 5.69 Å². The minimum Gasteiger partial charge on any atom is -0.508 e. The molecule has 0 radical (unpaired) electrons. The Balaban J connectivity index is 1.72. The Morgan fingerprint density at radius 2 is 1.96 bits per heavy atom. The molecule has 0 aliphatic heterocycles. The topological polar surface area (TPSA) is 80.6 Å². The van der Waals surface area contributed by atoms with Crippen LogP contribution in [-0.2, 0) is 11.3 Å². The van der Waals surface area contributed by atoms with E-state index in [2.05, 4.69) is 5.32 Å². The van der Waals surface area contributed by atoms with Crippen LogP contribution in [0.3, 0.4) is 0 Å². The fraction of sp³-hybridized carbons (Fsp3) is 0.150. The van der Waals surface area contributed by atoms with Gasteiger partial charge in [0.1, 0.15) is 11.5 Å². The van der Waals surface area contributed by atoms with Crippen LogP contribution >= 0.6 is 23.6 Å². The third-order valence-electron chi connectivity index (χ3n) is 4.01. The molecular weight excluding hydrogens is 396 g/mol. The average Bonchev–Trinajstić information content (AvgIpc) is 2.69. The number of rotatable bonds is 6. The SMILES string of the molecule is COc1cccc(-c2cc(=O)n(CCC(=O)Nc3ccc(O)cc3)c(=S)s2)c1. The Hall–Kier alpha value is -2.97. The summed E-state index contributed by atoms with van der Waals surface area (Å²) in [6, 6.07) is 15.1. The van der Waals surface area contributed by atoms with Crippen molar-refractivity contribution in [1.82, 2.24) is 4.57 Å². The van der Waals surface area contributed by atoms with Crippen molar-refractivity contribution in [3.05, 3.63) is 68.9 Å². The number of nitrogens with one attached hydrogen (secondary N) is 1. The van der Waals surface area contributed by atoms with Gasteiger partial charge in [-0.05, 0) is 54.2 Å². The van der Waals surface area contributed by atoms with Crippen molar-refractivity contribution in [2.75, 3.05) is 12.4 Å². The number of benzene rings is 2. The molecule has 0 bridgehead atoms. The Labute approximate surface area is 170 Å². The lowest BCUT2D eigenvalue weighted by molar-refractivity contribution is -0.116. The largest absolute Gasteiger partial charge is 0.508 e. The summed E-state index contributed by atoms with van der Waals surface area (Å²) < 4.78 is 7.04. The summed E-state index contributed by atoms with van der Waals surface area (Å²) in [7, 11) is 1.59. The van der Waals surface area contributed by atoms with Gasteiger partial charge in [-0.15, -0.1) is 11.3 Å². The number of carbonyl (C=O) groups excluding carboxylic acids is 1. The van der Waals surface area contributed by atoms with Crippen molar-refractivity contribution in [1.29, 1.82) is 0 Å². The number of methoxy groups -OCH3 is 1. The Morgan fingerprint density at radius 3 is 2.64 bits per heavy atom. The Bertz CT molecular complexity index is 1070. The molecule has 0 unspecified atom stereocenters. The zero-order valence-electron chi connectivity index (χ0n) is 15.0. The second-order valence-corrected chi connectivity index (χ2v) is 7.62. The van der Waals surface area contributed by atoms with Gasteiger partial charge in [-0.2, -0.15) is 0 Å². The number of amides is 1. The summed E-state index contributed by atoms with van der Waals surface area (Å²) in [5.41, 5.74) is 1.17. The van der Waals surface area contributed by atoms with Crippen LogP contribution in [-0.4, -0.2) is 22.7 Å². The molecule has 2 aromatic carbocycles. The molecule has 0 saturated carbocycles. The molecule has 1 heterocycles. The summed E-state index contributed by atoms with van der Waals surface area (Å²) in [4.78, 5) is 25.4. The molecule has 3 aromatic rings. The van der Waals surface area contributed by atoms with E-state index in [9.17, 15) is 14.7 Å². The smallest absolute Gasteiger partial charge is 0.253 e. The van der Waals surface area contributed by atoms with E-state index in [4.69, 9.17) is 17.0 Å². The molecule has 2 N–H and O–H groups in total. The van der Waals surface area contributed by atoms with E-state index >= 15 is 0 Å². The fourth-order valence-electron chi connectivity index (χ4n) is 2.56. The number of phenolic OH excluding ortho intramolecular Hbond substituents is 1. The molecule has 3 rings (SSSR count). The Morgan fingerprint density at radius 1 is 1.21 bits per heavy atom. The monoisotopic (exact) mass is 414 g/mol. The predicted molar refractivity (Wildman–Crippen MR) is 113 cm³/mol. The number of hydrogen-bond acceptors (Lipinski definition) is 6. The minimum absolute atomic E-state index is 0.107. The van der Waals surface area contributed by atoms with E-state index in [0.29, 0.717) is 15.4 Å². The van der Waals surface area contributed by atoms with Crippen LogP contribution in [0.15, 0.2) is 59.4 Å². The van der Waals surface area contributed by atoms with Gasteiger partial charge in [0.05, 0.1) is 7.11 Å². The van der Waals surface area contributed by atoms with Crippen LogP contribution in [0.5, 0.6) is 11.5 Å². The van der Waals surface area contributed by atoms with Crippen LogP contribution in [0.25, 0.3) is 10.4 Å². The van der Waals surface area contributed by atoms with Gasteiger partial charge >= 0.3 is 0 Å². The lowest BCUT2D eigenvalue weighted by atomic mass is 10.2. The summed E-state index contributed by atoms with van der Waals surface area (Å²) in [6.07, 6.45) is 0.107. The van der Waals surface area contributed by atoms with Gasteiger partial charge in [-0.25, -0.2) is 0 Å². The number of phenols is 1. The molecule has 28 heavy (non-hydrogen) atoms. The zero-order chi connectivity index (χ0) is 20.1.